The van der Waals surface area contributed by atoms with Crippen molar-refractivity contribution in [3.05, 3.63) is 41.1 Å². The van der Waals surface area contributed by atoms with Gasteiger partial charge in [-0.2, -0.15) is 17.9 Å². The monoisotopic (exact) mass is 383 g/mol. The summed E-state index contributed by atoms with van der Waals surface area (Å²) in [5.41, 5.74) is -1.13. The summed E-state index contributed by atoms with van der Waals surface area (Å²) in [6.45, 7) is 3.01. The van der Waals surface area contributed by atoms with Gasteiger partial charge in [0.1, 0.15) is 0 Å². The van der Waals surface area contributed by atoms with E-state index in [1.165, 1.54) is 6.92 Å². The van der Waals surface area contributed by atoms with Gasteiger partial charge >= 0.3 is 6.18 Å². The molecular formula is C13H13ClF3N3O3S. The number of alkyl halides is 4. The van der Waals surface area contributed by atoms with Gasteiger partial charge in [-0.3, -0.25) is 0 Å². The first-order chi connectivity index (χ1) is 11.0. The van der Waals surface area contributed by atoms with Crippen LogP contribution in [0.4, 0.5) is 13.2 Å². The van der Waals surface area contributed by atoms with E-state index in [0.29, 0.717) is 12.1 Å². The molecule has 1 heterocycles. The molecule has 0 fully saturated rings. The number of nitrogens with zero attached hydrogens (tertiary/aromatic N) is 2. The van der Waals surface area contributed by atoms with Crippen molar-refractivity contribution in [3.8, 4) is 0 Å². The fraction of sp³-hybridized carbons (Fsp3) is 0.385. The number of aryl methyl sites for hydroxylation is 1. The minimum atomic E-state index is -4.59. The SMILES string of the molecule is Cc1nnc(C(C)NS(=O)(=O)c2ccc(C(F)(F)F)cc2CCl)o1. The van der Waals surface area contributed by atoms with Gasteiger partial charge in [-0.1, -0.05) is 0 Å². The van der Waals surface area contributed by atoms with Crippen molar-refractivity contribution < 1.29 is 26.0 Å². The van der Waals surface area contributed by atoms with Crippen molar-refractivity contribution in [2.24, 2.45) is 0 Å². The Morgan fingerprint density at radius 3 is 2.50 bits per heavy atom. The molecule has 2 aromatic rings. The van der Waals surface area contributed by atoms with Crippen molar-refractivity contribution in [2.45, 2.75) is 36.8 Å². The Balaban J connectivity index is 2.35. The number of aromatic nitrogens is 2. The maximum absolute atomic E-state index is 12.7. The molecule has 0 saturated carbocycles. The van der Waals surface area contributed by atoms with Gasteiger partial charge in [0, 0.05) is 12.8 Å². The number of benzene rings is 1. The topological polar surface area (TPSA) is 85.1 Å². The quantitative estimate of drug-likeness (QED) is 0.801. The van der Waals surface area contributed by atoms with Crippen LogP contribution >= 0.6 is 11.6 Å². The number of nitrogens with one attached hydrogen (secondary N) is 1. The third-order valence-electron chi connectivity index (χ3n) is 3.07. The van der Waals surface area contributed by atoms with E-state index >= 15 is 0 Å². The lowest BCUT2D eigenvalue weighted by Gasteiger charge is -2.15. The third kappa shape index (κ3) is 4.05. The molecule has 1 N–H and O–H groups in total. The van der Waals surface area contributed by atoms with Crippen LogP contribution in [0.5, 0.6) is 0 Å². The predicted octanol–water partition coefficient (Wildman–Crippen LogP) is 3.18. The Kier molecular flexibility index (Phi) is 5.21. The first-order valence-corrected chi connectivity index (χ1v) is 8.65. The van der Waals surface area contributed by atoms with Gasteiger partial charge in [0.25, 0.3) is 0 Å². The fourth-order valence-corrected chi connectivity index (χ4v) is 3.67. The average Bonchev–Trinajstić information content (AvgIpc) is 2.92. The molecule has 0 radical (unpaired) electrons. The minimum Gasteiger partial charge on any atom is -0.424 e. The zero-order chi connectivity index (χ0) is 18.1. The predicted molar refractivity (Wildman–Crippen MR) is 78.8 cm³/mol. The van der Waals surface area contributed by atoms with Crippen molar-refractivity contribution in [1.29, 1.82) is 0 Å². The van der Waals surface area contributed by atoms with Crippen molar-refractivity contribution in [2.75, 3.05) is 0 Å². The molecule has 0 aliphatic heterocycles. The Morgan fingerprint density at radius 2 is 2.00 bits per heavy atom. The van der Waals surface area contributed by atoms with E-state index in [9.17, 15) is 21.6 Å². The molecule has 0 aliphatic carbocycles. The van der Waals surface area contributed by atoms with Gasteiger partial charge in [-0.15, -0.1) is 21.8 Å². The van der Waals surface area contributed by atoms with Crippen LogP contribution in [0.25, 0.3) is 0 Å². The summed E-state index contributed by atoms with van der Waals surface area (Å²) < 4.78 is 70.4. The smallest absolute Gasteiger partial charge is 0.416 e. The molecule has 24 heavy (non-hydrogen) atoms. The molecule has 0 amide bonds. The van der Waals surface area contributed by atoms with Gasteiger partial charge in [0.15, 0.2) is 0 Å². The van der Waals surface area contributed by atoms with Crippen LogP contribution in [0.1, 0.15) is 35.9 Å². The number of hydrogen-bond donors (Lipinski definition) is 1. The van der Waals surface area contributed by atoms with Gasteiger partial charge in [-0.05, 0) is 30.7 Å². The zero-order valence-electron chi connectivity index (χ0n) is 12.6. The molecule has 1 aromatic carbocycles. The number of rotatable bonds is 5. The van der Waals surface area contributed by atoms with Crippen LogP contribution in [-0.2, 0) is 22.1 Å². The van der Waals surface area contributed by atoms with Crippen molar-refractivity contribution in [1.82, 2.24) is 14.9 Å². The molecule has 0 saturated heterocycles. The molecule has 1 unspecified atom stereocenters. The van der Waals surface area contributed by atoms with E-state index < -0.39 is 33.7 Å². The summed E-state index contributed by atoms with van der Waals surface area (Å²) in [7, 11) is -4.13. The molecule has 1 atom stereocenters. The van der Waals surface area contributed by atoms with E-state index in [4.69, 9.17) is 16.0 Å². The van der Waals surface area contributed by atoms with E-state index in [0.717, 1.165) is 6.07 Å². The maximum Gasteiger partial charge on any atom is 0.416 e. The summed E-state index contributed by atoms with van der Waals surface area (Å²) in [5.74, 6) is -0.101. The van der Waals surface area contributed by atoms with Gasteiger partial charge in [0.2, 0.25) is 21.8 Å². The van der Waals surface area contributed by atoms with Crippen molar-refractivity contribution >= 4 is 21.6 Å². The van der Waals surface area contributed by atoms with Crippen LogP contribution < -0.4 is 4.72 Å². The lowest BCUT2D eigenvalue weighted by molar-refractivity contribution is -0.137. The summed E-state index contributed by atoms with van der Waals surface area (Å²) in [6.07, 6.45) is -4.59. The second kappa shape index (κ2) is 6.69. The molecule has 11 heteroatoms. The number of sulfonamides is 1. The first kappa shape index (κ1) is 18.7. The van der Waals surface area contributed by atoms with E-state index in [-0.39, 0.29) is 22.2 Å². The van der Waals surface area contributed by atoms with Gasteiger partial charge < -0.3 is 4.42 Å². The molecule has 132 valence electrons. The highest BCUT2D eigenvalue weighted by molar-refractivity contribution is 7.89. The summed E-state index contributed by atoms with van der Waals surface area (Å²) in [6, 6.07) is 1.41. The average molecular weight is 384 g/mol. The summed E-state index contributed by atoms with van der Waals surface area (Å²) in [5, 5.41) is 7.28. The normalized spacial score (nSPS) is 13.9. The standard InChI is InChI=1S/C13H13ClF3N3O3S/c1-7(12-19-18-8(2)23-12)20-24(21,22)11-4-3-10(13(15,16)17)5-9(11)6-14/h3-5,7,20H,6H2,1-2H3. The highest BCUT2D eigenvalue weighted by Crippen LogP contribution is 2.32. The van der Waals surface area contributed by atoms with E-state index in [1.54, 1.807) is 6.92 Å². The lowest BCUT2D eigenvalue weighted by Crippen LogP contribution is -2.28. The molecule has 0 aliphatic rings. The van der Waals surface area contributed by atoms with Crippen LogP contribution in [0, 0.1) is 6.92 Å². The Morgan fingerprint density at radius 1 is 1.33 bits per heavy atom. The third-order valence-corrected chi connectivity index (χ3v) is 4.99. The van der Waals surface area contributed by atoms with E-state index in [1.807, 2.05) is 0 Å². The molecule has 2 rings (SSSR count). The second-order valence-corrected chi connectivity index (χ2v) is 6.91. The Labute approximate surface area is 141 Å². The fourth-order valence-electron chi connectivity index (χ4n) is 1.96. The Bertz CT molecular complexity index is 836. The Hall–Kier alpha value is -1.65. The molecule has 1 aromatic heterocycles. The highest BCUT2D eigenvalue weighted by Gasteiger charge is 2.32. The largest absolute Gasteiger partial charge is 0.424 e. The minimum absolute atomic E-state index is 0.0374. The second-order valence-electron chi connectivity index (χ2n) is 4.96. The van der Waals surface area contributed by atoms with Crippen molar-refractivity contribution in [3.63, 3.8) is 0 Å². The van der Waals surface area contributed by atoms with E-state index in [2.05, 4.69) is 14.9 Å². The molecule has 0 bridgehead atoms. The highest BCUT2D eigenvalue weighted by atomic mass is 35.5. The van der Waals surface area contributed by atoms with Crippen LogP contribution in [0.2, 0.25) is 0 Å². The lowest BCUT2D eigenvalue weighted by atomic mass is 10.1. The van der Waals surface area contributed by atoms with Crippen LogP contribution in [0.15, 0.2) is 27.5 Å². The van der Waals surface area contributed by atoms with Gasteiger partial charge in [-0.25, -0.2) is 8.42 Å². The number of halogens is 4. The molecular weight excluding hydrogens is 371 g/mol. The first-order valence-electron chi connectivity index (χ1n) is 6.63. The van der Waals surface area contributed by atoms with Crippen LogP contribution in [0.3, 0.4) is 0 Å². The zero-order valence-corrected chi connectivity index (χ0v) is 14.1. The molecule has 0 spiro atoms. The van der Waals surface area contributed by atoms with Crippen LogP contribution in [-0.4, -0.2) is 18.6 Å². The number of hydrogen-bond acceptors (Lipinski definition) is 5. The summed E-state index contributed by atoms with van der Waals surface area (Å²) in [4.78, 5) is -0.339. The summed E-state index contributed by atoms with van der Waals surface area (Å²) >= 11 is 5.62. The molecule has 6 nitrogen and oxygen atoms in total. The maximum atomic E-state index is 12.7. The van der Waals surface area contributed by atoms with Gasteiger partial charge in [0.05, 0.1) is 16.5 Å².